The fourth-order valence-corrected chi connectivity index (χ4v) is 2.03. The number of ketones is 1. The SMILES string of the molecule is Cc1cc(N2CCC(=O)CC2=O)ccc1Br. The number of hydrogen-bond acceptors (Lipinski definition) is 2. The highest BCUT2D eigenvalue weighted by atomic mass is 79.9. The van der Waals surface area contributed by atoms with Gasteiger partial charge in [0.2, 0.25) is 5.91 Å². The van der Waals surface area contributed by atoms with Gasteiger partial charge in [-0.1, -0.05) is 15.9 Å². The van der Waals surface area contributed by atoms with Gasteiger partial charge in [0, 0.05) is 23.1 Å². The largest absolute Gasteiger partial charge is 0.312 e. The average molecular weight is 282 g/mol. The second-order valence-electron chi connectivity index (χ2n) is 3.94. The number of Topliss-reactive ketones (excluding diaryl/α,β-unsaturated/α-hetero) is 1. The van der Waals surface area contributed by atoms with Gasteiger partial charge < -0.3 is 4.90 Å². The summed E-state index contributed by atoms with van der Waals surface area (Å²) in [4.78, 5) is 24.5. The third-order valence-electron chi connectivity index (χ3n) is 2.72. The highest BCUT2D eigenvalue weighted by Crippen LogP contribution is 2.25. The number of aryl methyl sites for hydroxylation is 1. The molecule has 1 aliphatic rings. The highest BCUT2D eigenvalue weighted by molar-refractivity contribution is 9.10. The van der Waals surface area contributed by atoms with Gasteiger partial charge in [-0.3, -0.25) is 9.59 Å². The summed E-state index contributed by atoms with van der Waals surface area (Å²) in [6.07, 6.45) is 0.496. The van der Waals surface area contributed by atoms with Gasteiger partial charge in [0.05, 0.1) is 6.42 Å². The predicted molar refractivity (Wildman–Crippen MR) is 65.5 cm³/mol. The van der Waals surface area contributed by atoms with Crippen LogP contribution in [0.1, 0.15) is 18.4 Å². The van der Waals surface area contributed by atoms with E-state index in [2.05, 4.69) is 15.9 Å². The minimum absolute atomic E-state index is 0.0368. The van der Waals surface area contributed by atoms with Crippen LogP contribution >= 0.6 is 15.9 Å². The number of amides is 1. The molecule has 0 aromatic heterocycles. The first-order chi connectivity index (χ1) is 7.58. The van der Waals surface area contributed by atoms with E-state index in [0.717, 1.165) is 15.7 Å². The van der Waals surface area contributed by atoms with Crippen LogP contribution in [0.5, 0.6) is 0 Å². The Morgan fingerprint density at radius 1 is 1.31 bits per heavy atom. The van der Waals surface area contributed by atoms with E-state index in [0.29, 0.717) is 13.0 Å². The first kappa shape index (κ1) is 11.3. The van der Waals surface area contributed by atoms with E-state index in [-0.39, 0.29) is 18.1 Å². The van der Waals surface area contributed by atoms with Gasteiger partial charge in [-0.15, -0.1) is 0 Å². The van der Waals surface area contributed by atoms with Gasteiger partial charge in [-0.25, -0.2) is 0 Å². The van der Waals surface area contributed by atoms with Gasteiger partial charge in [0.15, 0.2) is 0 Å². The fourth-order valence-electron chi connectivity index (χ4n) is 1.78. The molecule has 1 amide bonds. The topological polar surface area (TPSA) is 37.4 Å². The minimum Gasteiger partial charge on any atom is -0.312 e. The summed E-state index contributed by atoms with van der Waals surface area (Å²) >= 11 is 3.42. The average Bonchev–Trinajstić information content (AvgIpc) is 2.22. The quantitative estimate of drug-likeness (QED) is 0.742. The minimum atomic E-state index is -0.0991. The monoisotopic (exact) mass is 281 g/mol. The molecule has 1 aromatic rings. The van der Waals surface area contributed by atoms with Crippen LogP contribution in [0.15, 0.2) is 22.7 Å². The van der Waals surface area contributed by atoms with Crippen molar-refractivity contribution in [2.45, 2.75) is 19.8 Å². The van der Waals surface area contributed by atoms with Gasteiger partial charge >= 0.3 is 0 Å². The molecule has 0 bridgehead atoms. The number of benzene rings is 1. The molecule has 84 valence electrons. The van der Waals surface area contributed by atoms with Crippen LogP contribution in [0.25, 0.3) is 0 Å². The second-order valence-corrected chi connectivity index (χ2v) is 4.80. The first-order valence-electron chi connectivity index (χ1n) is 5.16. The second kappa shape index (κ2) is 4.37. The number of carbonyl (C=O) groups excluding carboxylic acids is 2. The van der Waals surface area contributed by atoms with Crippen molar-refractivity contribution in [3.63, 3.8) is 0 Å². The number of piperidine rings is 1. The Balaban J connectivity index is 2.27. The number of rotatable bonds is 1. The molecule has 1 fully saturated rings. The summed E-state index contributed by atoms with van der Waals surface area (Å²) in [5.41, 5.74) is 1.96. The molecule has 0 radical (unpaired) electrons. The lowest BCUT2D eigenvalue weighted by Crippen LogP contribution is -2.39. The standard InChI is InChI=1S/C12H12BrNO2/c1-8-6-9(2-3-11(8)13)14-5-4-10(15)7-12(14)16/h2-3,6H,4-5,7H2,1H3. The molecule has 1 aromatic carbocycles. The lowest BCUT2D eigenvalue weighted by molar-refractivity contribution is -0.128. The Labute approximate surface area is 103 Å². The van der Waals surface area contributed by atoms with E-state index in [4.69, 9.17) is 0 Å². The molecule has 3 nitrogen and oxygen atoms in total. The van der Waals surface area contributed by atoms with Crippen molar-refractivity contribution in [3.8, 4) is 0 Å². The van der Waals surface area contributed by atoms with Crippen molar-refractivity contribution in [1.29, 1.82) is 0 Å². The Morgan fingerprint density at radius 2 is 2.06 bits per heavy atom. The number of halogens is 1. The van der Waals surface area contributed by atoms with E-state index in [9.17, 15) is 9.59 Å². The predicted octanol–water partition coefficient (Wildman–Crippen LogP) is 2.45. The Morgan fingerprint density at radius 3 is 2.69 bits per heavy atom. The van der Waals surface area contributed by atoms with Crippen molar-refractivity contribution in [2.24, 2.45) is 0 Å². The van der Waals surface area contributed by atoms with Crippen molar-refractivity contribution >= 4 is 33.3 Å². The molecule has 0 aliphatic carbocycles. The summed E-state index contributed by atoms with van der Waals surface area (Å²) in [5.74, 6) is -0.0620. The first-order valence-corrected chi connectivity index (χ1v) is 5.95. The van der Waals surface area contributed by atoms with Gasteiger partial charge in [0.1, 0.15) is 5.78 Å². The molecular formula is C12H12BrNO2. The van der Waals surface area contributed by atoms with E-state index in [1.807, 2.05) is 25.1 Å². The van der Waals surface area contributed by atoms with Crippen LogP contribution in [-0.2, 0) is 9.59 Å². The maximum absolute atomic E-state index is 11.7. The number of nitrogens with zero attached hydrogens (tertiary/aromatic N) is 1. The van der Waals surface area contributed by atoms with Crippen molar-refractivity contribution in [2.75, 3.05) is 11.4 Å². The molecule has 0 spiro atoms. The summed E-state index contributed by atoms with van der Waals surface area (Å²) in [6, 6.07) is 5.77. The molecular weight excluding hydrogens is 270 g/mol. The fraction of sp³-hybridized carbons (Fsp3) is 0.333. The molecule has 1 heterocycles. The molecule has 0 atom stereocenters. The van der Waals surface area contributed by atoms with Crippen molar-refractivity contribution in [3.05, 3.63) is 28.2 Å². The number of hydrogen-bond donors (Lipinski definition) is 0. The summed E-state index contributed by atoms with van der Waals surface area (Å²) in [5, 5.41) is 0. The molecule has 0 saturated carbocycles. The van der Waals surface area contributed by atoms with Crippen LogP contribution in [0.2, 0.25) is 0 Å². The van der Waals surface area contributed by atoms with Gasteiger partial charge in [-0.2, -0.15) is 0 Å². The molecule has 1 aliphatic heterocycles. The highest BCUT2D eigenvalue weighted by Gasteiger charge is 2.24. The molecule has 16 heavy (non-hydrogen) atoms. The normalized spacial score (nSPS) is 16.8. The van der Waals surface area contributed by atoms with E-state index < -0.39 is 0 Å². The van der Waals surface area contributed by atoms with Crippen molar-refractivity contribution in [1.82, 2.24) is 0 Å². The Bertz CT molecular complexity index is 456. The summed E-state index contributed by atoms with van der Waals surface area (Å²) in [6.45, 7) is 2.48. The van der Waals surface area contributed by atoms with Crippen LogP contribution < -0.4 is 4.90 Å². The zero-order chi connectivity index (χ0) is 11.7. The van der Waals surface area contributed by atoms with Crippen molar-refractivity contribution < 1.29 is 9.59 Å². The third-order valence-corrected chi connectivity index (χ3v) is 3.61. The van der Waals surface area contributed by atoms with Crippen LogP contribution in [0.4, 0.5) is 5.69 Å². The van der Waals surface area contributed by atoms with Crippen LogP contribution in [0, 0.1) is 6.92 Å². The summed E-state index contributed by atoms with van der Waals surface area (Å²) < 4.78 is 1.02. The molecule has 1 saturated heterocycles. The third kappa shape index (κ3) is 2.16. The van der Waals surface area contributed by atoms with E-state index in [1.165, 1.54) is 0 Å². The Kier molecular flexibility index (Phi) is 3.10. The van der Waals surface area contributed by atoms with Gasteiger partial charge in [-0.05, 0) is 30.7 Å². The maximum atomic E-state index is 11.7. The molecule has 4 heteroatoms. The zero-order valence-corrected chi connectivity index (χ0v) is 10.6. The lowest BCUT2D eigenvalue weighted by Gasteiger charge is -2.26. The summed E-state index contributed by atoms with van der Waals surface area (Å²) in [7, 11) is 0. The van der Waals surface area contributed by atoms with E-state index >= 15 is 0 Å². The molecule has 0 unspecified atom stereocenters. The zero-order valence-electron chi connectivity index (χ0n) is 9.00. The smallest absolute Gasteiger partial charge is 0.234 e. The maximum Gasteiger partial charge on any atom is 0.234 e. The Hall–Kier alpha value is -1.16. The van der Waals surface area contributed by atoms with E-state index in [1.54, 1.807) is 4.90 Å². The molecule has 2 rings (SSSR count). The number of carbonyl (C=O) groups is 2. The number of anilines is 1. The lowest BCUT2D eigenvalue weighted by atomic mass is 10.1. The van der Waals surface area contributed by atoms with Gasteiger partial charge in [0.25, 0.3) is 0 Å². The van der Waals surface area contributed by atoms with Crippen LogP contribution in [-0.4, -0.2) is 18.2 Å². The molecule has 0 N–H and O–H groups in total. The van der Waals surface area contributed by atoms with Crippen LogP contribution in [0.3, 0.4) is 0 Å².